The molecule has 0 saturated heterocycles. The molecule has 0 radical (unpaired) electrons. The molecule has 0 heterocycles. The van der Waals surface area contributed by atoms with Crippen LogP contribution in [0.1, 0.15) is 28.4 Å². The van der Waals surface area contributed by atoms with Crippen molar-refractivity contribution < 1.29 is 17.9 Å². The van der Waals surface area contributed by atoms with Crippen LogP contribution < -0.4 is 14.8 Å². The number of aryl methyl sites for hydroxylation is 1. The van der Waals surface area contributed by atoms with Crippen LogP contribution >= 0.6 is 11.6 Å². The minimum Gasteiger partial charge on any atom is -0.494 e. The number of sulfonamides is 1. The zero-order valence-corrected chi connectivity index (χ0v) is 19.0. The van der Waals surface area contributed by atoms with Gasteiger partial charge in [-0.3, -0.25) is 9.52 Å². The molecule has 0 aliphatic rings. The number of rotatable bonds is 7. The second-order valence-electron chi connectivity index (χ2n) is 6.91. The van der Waals surface area contributed by atoms with E-state index in [0.29, 0.717) is 23.7 Å². The van der Waals surface area contributed by atoms with Crippen LogP contribution in [0.4, 0.5) is 11.4 Å². The molecule has 0 atom stereocenters. The van der Waals surface area contributed by atoms with Crippen molar-refractivity contribution in [3.8, 4) is 5.75 Å². The zero-order valence-electron chi connectivity index (χ0n) is 17.4. The Bertz CT molecular complexity index is 1210. The third-order valence-corrected chi connectivity index (χ3v) is 6.62. The Hall–Kier alpha value is -3.03. The van der Waals surface area contributed by atoms with Crippen LogP contribution in [-0.2, 0) is 10.0 Å². The van der Waals surface area contributed by atoms with Crippen molar-refractivity contribution in [2.75, 3.05) is 16.6 Å². The molecule has 8 heteroatoms. The standard InChI is InChI=1S/C23H23ClN2O4S/c1-4-30-19-11-9-18(10-12-19)26-31(28,29)22-14-17(8-13-20(22)24)23(27)25-21-7-5-6-15(2)16(21)3/h5-14,26H,4H2,1-3H3,(H,25,27). The first-order valence-electron chi connectivity index (χ1n) is 9.64. The van der Waals surface area contributed by atoms with Crippen LogP contribution in [0.15, 0.2) is 65.6 Å². The van der Waals surface area contributed by atoms with Crippen LogP contribution in [0.2, 0.25) is 5.02 Å². The van der Waals surface area contributed by atoms with E-state index in [9.17, 15) is 13.2 Å². The van der Waals surface area contributed by atoms with E-state index in [2.05, 4.69) is 10.0 Å². The van der Waals surface area contributed by atoms with Crippen LogP contribution in [0.25, 0.3) is 0 Å². The Morgan fingerprint density at radius 1 is 1.03 bits per heavy atom. The minimum absolute atomic E-state index is 0.0155. The lowest BCUT2D eigenvalue weighted by molar-refractivity contribution is 0.102. The normalized spacial score (nSPS) is 11.1. The van der Waals surface area contributed by atoms with Crippen LogP contribution in [0, 0.1) is 13.8 Å². The van der Waals surface area contributed by atoms with Gasteiger partial charge in [-0.15, -0.1) is 0 Å². The highest BCUT2D eigenvalue weighted by molar-refractivity contribution is 7.92. The Morgan fingerprint density at radius 2 is 1.74 bits per heavy atom. The Balaban J connectivity index is 1.85. The van der Waals surface area contributed by atoms with E-state index in [0.717, 1.165) is 11.1 Å². The van der Waals surface area contributed by atoms with Gasteiger partial charge in [0.25, 0.3) is 15.9 Å². The molecule has 0 bridgehead atoms. The molecule has 0 aromatic heterocycles. The molecule has 162 valence electrons. The molecule has 3 aromatic rings. The molecular weight excluding hydrogens is 436 g/mol. The maximum atomic E-state index is 12.9. The fourth-order valence-corrected chi connectivity index (χ4v) is 4.51. The first-order chi connectivity index (χ1) is 14.7. The van der Waals surface area contributed by atoms with Gasteiger partial charge in [0.15, 0.2) is 0 Å². The summed E-state index contributed by atoms with van der Waals surface area (Å²) in [6.45, 7) is 6.23. The van der Waals surface area contributed by atoms with E-state index >= 15 is 0 Å². The number of anilines is 2. The number of hydrogen-bond donors (Lipinski definition) is 2. The van der Waals surface area contributed by atoms with Gasteiger partial charge >= 0.3 is 0 Å². The number of benzene rings is 3. The van der Waals surface area contributed by atoms with Gasteiger partial charge in [-0.05, 0) is 80.4 Å². The van der Waals surface area contributed by atoms with Crippen LogP contribution in [0.3, 0.4) is 0 Å². The summed E-state index contributed by atoms with van der Waals surface area (Å²) in [4.78, 5) is 12.6. The molecule has 0 saturated carbocycles. The van der Waals surface area contributed by atoms with E-state index in [1.54, 1.807) is 30.3 Å². The molecule has 3 aromatic carbocycles. The van der Waals surface area contributed by atoms with Crippen molar-refractivity contribution in [2.24, 2.45) is 0 Å². The summed E-state index contributed by atoms with van der Waals surface area (Å²) in [7, 11) is -4.02. The quantitative estimate of drug-likeness (QED) is 0.495. The van der Waals surface area contributed by atoms with Crippen molar-refractivity contribution in [1.82, 2.24) is 0 Å². The number of carbonyl (C=O) groups is 1. The lowest BCUT2D eigenvalue weighted by Gasteiger charge is -2.13. The predicted octanol–water partition coefficient (Wildman–Crippen LogP) is 5.41. The fraction of sp³-hybridized carbons (Fsp3) is 0.174. The van der Waals surface area contributed by atoms with Crippen molar-refractivity contribution in [1.29, 1.82) is 0 Å². The number of amides is 1. The summed E-state index contributed by atoms with van der Waals surface area (Å²) in [6.07, 6.45) is 0. The molecular formula is C23H23ClN2O4S. The SMILES string of the molecule is CCOc1ccc(NS(=O)(=O)c2cc(C(=O)Nc3cccc(C)c3C)ccc2Cl)cc1. The van der Waals surface area contributed by atoms with Gasteiger partial charge < -0.3 is 10.1 Å². The fourth-order valence-electron chi connectivity index (χ4n) is 2.93. The zero-order chi connectivity index (χ0) is 22.6. The summed E-state index contributed by atoms with van der Waals surface area (Å²) in [5.74, 6) is 0.205. The molecule has 0 aliphatic heterocycles. The number of ether oxygens (including phenoxy) is 1. The second-order valence-corrected chi connectivity index (χ2v) is 8.97. The minimum atomic E-state index is -4.02. The van der Waals surface area contributed by atoms with Crippen molar-refractivity contribution in [3.63, 3.8) is 0 Å². The number of halogens is 1. The molecule has 1 amide bonds. The van der Waals surface area contributed by atoms with Gasteiger partial charge in [-0.25, -0.2) is 8.42 Å². The molecule has 0 spiro atoms. The Labute approximate surface area is 187 Å². The monoisotopic (exact) mass is 458 g/mol. The summed E-state index contributed by atoms with van der Waals surface area (Å²) in [5, 5.41) is 2.84. The lowest BCUT2D eigenvalue weighted by Crippen LogP contribution is -2.17. The first-order valence-corrected chi connectivity index (χ1v) is 11.5. The van der Waals surface area contributed by atoms with Gasteiger partial charge in [0.05, 0.1) is 11.6 Å². The van der Waals surface area contributed by atoms with Gasteiger partial charge in [0, 0.05) is 16.9 Å². The van der Waals surface area contributed by atoms with E-state index in [4.69, 9.17) is 16.3 Å². The smallest absolute Gasteiger partial charge is 0.263 e. The van der Waals surface area contributed by atoms with Crippen molar-refractivity contribution >= 4 is 38.9 Å². The van der Waals surface area contributed by atoms with E-state index in [1.165, 1.54) is 18.2 Å². The van der Waals surface area contributed by atoms with E-state index < -0.39 is 15.9 Å². The summed E-state index contributed by atoms with van der Waals surface area (Å²) in [5.41, 5.74) is 3.17. The third-order valence-electron chi connectivity index (χ3n) is 4.75. The number of carbonyl (C=O) groups excluding carboxylic acids is 1. The second kappa shape index (κ2) is 9.41. The third kappa shape index (κ3) is 5.37. The Morgan fingerprint density at radius 3 is 2.42 bits per heavy atom. The molecule has 0 aliphatic carbocycles. The number of nitrogens with one attached hydrogen (secondary N) is 2. The summed E-state index contributed by atoms with van der Waals surface area (Å²) in [6, 6.07) is 16.2. The topological polar surface area (TPSA) is 84.5 Å². The van der Waals surface area contributed by atoms with Gasteiger partial charge in [0.1, 0.15) is 10.6 Å². The molecule has 31 heavy (non-hydrogen) atoms. The maximum absolute atomic E-state index is 12.9. The van der Waals surface area contributed by atoms with E-state index in [-0.39, 0.29) is 15.5 Å². The van der Waals surface area contributed by atoms with E-state index in [1.807, 2.05) is 32.9 Å². The molecule has 6 nitrogen and oxygen atoms in total. The summed E-state index contributed by atoms with van der Waals surface area (Å²) >= 11 is 6.15. The van der Waals surface area contributed by atoms with Crippen molar-refractivity contribution in [3.05, 3.63) is 82.4 Å². The lowest BCUT2D eigenvalue weighted by atomic mass is 10.1. The largest absolute Gasteiger partial charge is 0.494 e. The average molecular weight is 459 g/mol. The summed E-state index contributed by atoms with van der Waals surface area (Å²) < 4.78 is 33.6. The first kappa shape index (κ1) is 22.7. The average Bonchev–Trinajstić information content (AvgIpc) is 2.73. The predicted molar refractivity (Wildman–Crippen MR) is 124 cm³/mol. The molecule has 3 rings (SSSR count). The highest BCUT2D eigenvalue weighted by Crippen LogP contribution is 2.27. The Kier molecular flexibility index (Phi) is 6.87. The van der Waals surface area contributed by atoms with Gasteiger partial charge in [0.2, 0.25) is 0 Å². The van der Waals surface area contributed by atoms with Crippen LogP contribution in [-0.4, -0.2) is 20.9 Å². The molecule has 0 fully saturated rings. The van der Waals surface area contributed by atoms with Crippen molar-refractivity contribution in [2.45, 2.75) is 25.7 Å². The maximum Gasteiger partial charge on any atom is 0.263 e. The molecule has 2 N–H and O–H groups in total. The van der Waals surface area contributed by atoms with Gasteiger partial charge in [-0.2, -0.15) is 0 Å². The van der Waals surface area contributed by atoms with Crippen LogP contribution in [0.5, 0.6) is 5.75 Å². The van der Waals surface area contributed by atoms with Gasteiger partial charge in [-0.1, -0.05) is 23.7 Å². The number of hydrogen-bond acceptors (Lipinski definition) is 4. The highest BCUT2D eigenvalue weighted by Gasteiger charge is 2.21. The highest BCUT2D eigenvalue weighted by atomic mass is 35.5. The molecule has 0 unspecified atom stereocenters.